The Morgan fingerprint density at radius 3 is 2.33 bits per heavy atom. The van der Waals surface area contributed by atoms with Crippen LogP contribution in [0.15, 0.2) is 65.9 Å². The molecule has 0 amide bonds. The molecule has 0 unspecified atom stereocenters. The van der Waals surface area contributed by atoms with Gasteiger partial charge in [-0.2, -0.15) is 21.6 Å². The van der Waals surface area contributed by atoms with Gasteiger partial charge < -0.3 is 8.92 Å². The predicted molar refractivity (Wildman–Crippen MR) is 99.5 cm³/mol. The number of alkyl halides is 3. The monoisotopic (exact) mass is 443 g/mol. The van der Waals surface area contributed by atoms with E-state index < -0.39 is 38.5 Å². The lowest BCUT2D eigenvalue weighted by Crippen LogP contribution is -2.25. The summed E-state index contributed by atoms with van der Waals surface area (Å²) in [5.41, 5.74) is -5.07. The Kier molecular flexibility index (Phi) is 5.86. The minimum atomic E-state index is -5.90. The molecule has 2 atom stereocenters. The Hall–Kier alpha value is -2.92. The number of nitro groups is 1. The molecule has 1 aliphatic rings. The van der Waals surface area contributed by atoms with E-state index >= 15 is 0 Å². The normalized spacial score (nSPS) is 21.3. The van der Waals surface area contributed by atoms with Gasteiger partial charge in [-0.15, -0.1) is 0 Å². The van der Waals surface area contributed by atoms with E-state index in [1.165, 1.54) is 24.3 Å². The van der Waals surface area contributed by atoms with E-state index in [9.17, 15) is 31.7 Å². The van der Waals surface area contributed by atoms with Gasteiger partial charge >= 0.3 is 15.6 Å². The average Bonchev–Trinajstić information content (AvgIpc) is 3.13. The van der Waals surface area contributed by atoms with E-state index in [1.54, 1.807) is 30.3 Å². The van der Waals surface area contributed by atoms with Crippen molar-refractivity contribution in [2.45, 2.75) is 31.1 Å². The van der Waals surface area contributed by atoms with Crippen LogP contribution in [0.5, 0.6) is 0 Å². The van der Waals surface area contributed by atoms with Crippen LogP contribution in [0.3, 0.4) is 0 Å². The van der Waals surface area contributed by atoms with Gasteiger partial charge in [0.05, 0.1) is 16.6 Å². The van der Waals surface area contributed by atoms with E-state index in [4.69, 9.17) is 4.74 Å². The molecule has 160 valence electrons. The first-order valence-corrected chi connectivity index (χ1v) is 10.1. The molecular formula is C19H16F3NO6S. The van der Waals surface area contributed by atoms with Crippen molar-refractivity contribution in [1.82, 2.24) is 0 Å². The predicted octanol–water partition coefficient (Wildman–Crippen LogP) is 4.94. The van der Waals surface area contributed by atoms with E-state index in [1.807, 2.05) is 0 Å². The van der Waals surface area contributed by atoms with Crippen molar-refractivity contribution in [3.05, 3.63) is 87.2 Å². The van der Waals surface area contributed by atoms with Gasteiger partial charge in [-0.1, -0.05) is 42.5 Å². The SMILES string of the molecule is CC(OS(=O)(=O)C(F)(F)F)=C1C[C@@H](c2ccccc2)O[C@H]1c1ccccc1[N+](=O)[O-]. The van der Waals surface area contributed by atoms with Gasteiger partial charge in [-0.3, -0.25) is 10.1 Å². The fourth-order valence-corrected chi connectivity index (χ4v) is 3.73. The summed E-state index contributed by atoms with van der Waals surface area (Å²) in [5, 5.41) is 11.4. The Morgan fingerprint density at radius 1 is 1.13 bits per heavy atom. The van der Waals surface area contributed by atoms with Gasteiger partial charge in [0.2, 0.25) is 0 Å². The summed E-state index contributed by atoms with van der Waals surface area (Å²) in [6.07, 6.45) is -1.81. The molecule has 0 bridgehead atoms. The quantitative estimate of drug-likeness (QED) is 0.214. The Bertz CT molecular complexity index is 1080. The fraction of sp³-hybridized carbons (Fsp3) is 0.263. The molecule has 0 aromatic heterocycles. The lowest BCUT2D eigenvalue weighted by molar-refractivity contribution is -0.386. The highest BCUT2D eigenvalue weighted by Crippen LogP contribution is 2.48. The third-order valence-corrected chi connectivity index (χ3v) is 5.62. The maximum Gasteiger partial charge on any atom is 0.534 e. The third kappa shape index (κ3) is 4.31. The highest BCUT2D eigenvalue weighted by Gasteiger charge is 2.49. The van der Waals surface area contributed by atoms with Crippen LogP contribution in [0, 0.1) is 10.1 Å². The Balaban J connectivity index is 2.09. The molecule has 7 nitrogen and oxygen atoms in total. The molecule has 3 rings (SSSR count). The highest BCUT2D eigenvalue weighted by molar-refractivity contribution is 7.87. The van der Waals surface area contributed by atoms with E-state index in [-0.39, 0.29) is 23.2 Å². The number of hydrogen-bond donors (Lipinski definition) is 0. The summed E-state index contributed by atoms with van der Waals surface area (Å²) >= 11 is 0. The van der Waals surface area contributed by atoms with Crippen molar-refractivity contribution < 1.29 is 35.4 Å². The lowest BCUT2D eigenvalue weighted by Gasteiger charge is -2.17. The van der Waals surface area contributed by atoms with E-state index in [2.05, 4.69) is 4.18 Å². The van der Waals surface area contributed by atoms with E-state index in [0.717, 1.165) is 6.92 Å². The van der Waals surface area contributed by atoms with Crippen LogP contribution in [0.25, 0.3) is 0 Å². The van der Waals surface area contributed by atoms with Crippen molar-refractivity contribution in [1.29, 1.82) is 0 Å². The number of benzene rings is 2. The molecule has 11 heteroatoms. The summed E-state index contributed by atoms with van der Waals surface area (Å²) in [4.78, 5) is 10.8. The third-order valence-electron chi connectivity index (χ3n) is 4.58. The Morgan fingerprint density at radius 2 is 1.73 bits per heavy atom. The number of nitrogens with zero attached hydrogens (tertiary/aromatic N) is 1. The zero-order valence-corrected chi connectivity index (χ0v) is 16.3. The van der Waals surface area contributed by atoms with Crippen LogP contribution in [-0.2, 0) is 19.0 Å². The van der Waals surface area contributed by atoms with Crippen LogP contribution in [0.4, 0.5) is 18.9 Å². The summed E-state index contributed by atoms with van der Waals surface area (Å²) in [7, 11) is -5.90. The fourth-order valence-electron chi connectivity index (χ4n) is 3.20. The number of ether oxygens (including phenoxy) is 1. The molecule has 2 aromatic carbocycles. The summed E-state index contributed by atoms with van der Waals surface area (Å²) in [6.45, 7) is 1.07. The number of hydrogen-bond acceptors (Lipinski definition) is 6. The Labute approximate surface area is 170 Å². The molecule has 30 heavy (non-hydrogen) atoms. The second kappa shape index (κ2) is 8.07. The molecule has 1 fully saturated rings. The van der Waals surface area contributed by atoms with Gasteiger partial charge in [0, 0.05) is 18.1 Å². The topological polar surface area (TPSA) is 95.7 Å². The standard InChI is InChI=1S/C19H16F3NO6S/c1-12(29-30(26,27)19(20,21)22)15-11-17(13-7-3-2-4-8-13)28-18(15)14-9-5-6-10-16(14)23(24)25/h2-10,17-18H,11H2,1H3/t17-,18-/m0/s1. The zero-order valence-electron chi connectivity index (χ0n) is 15.5. The molecule has 0 N–H and O–H groups in total. The summed E-state index contributed by atoms with van der Waals surface area (Å²) in [5.74, 6) is -0.533. The first-order chi connectivity index (χ1) is 14.0. The molecule has 0 saturated carbocycles. The molecule has 1 saturated heterocycles. The maximum absolute atomic E-state index is 12.8. The van der Waals surface area contributed by atoms with Gasteiger partial charge in [0.15, 0.2) is 0 Å². The highest BCUT2D eigenvalue weighted by atomic mass is 32.2. The number of halogens is 3. The average molecular weight is 443 g/mol. The van der Waals surface area contributed by atoms with E-state index in [0.29, 0.717) is 5.56 Å². The minimum absolute atomic E-state index is 0.0000605. The first kappa shape index (κ1) is 21.8. The summed E-state index contributed by atoms with van der Waals surface area (Å²) < 4.78 is 71.4. The number of allylic oxidation sites excluding steroid dienone is 1. The molecule has 2 aromatic rings. The smallest absolute Gasteiger partial charge is 0.381 e. The lowest BCUT2D eigenvalue weighted by atomic mass is 9.96. The second-order valence-electron chi connectivity index (χ2n) is 6.50. The number of rotatable bonds is 5. The van der Waals surface area contributed by atoms with Crippen LogP contribution in [0.2, 0.25) is 0 Å². The van der Waals surface area contributed by atoms with Crippen molar-refractivity contribution in [2.75, 3.05) is 0 Å². The molecule has 0 aliphatic carbocycles. The van der Waals surface area contributed by atoms with Crippen LogP contribution < -0.4 is 0 Å². The molecule has 1 aliphatic heterocycles. The van der Waals surface area contributed by atoms with Crippen LogP contribution in [0.1, 0.15) is 36.7 Å². The van der Waals surface area contributed by atoms with Crippen molar-refractivity contribution in [2.24, 2.45) is 0 Å². The summed E-state index contributed by atoms with van der Waals surface area (Å²) in [6, 6.07) is 14.3. The van der Waals surface area contributed by atoms with Crippen LogP contribution in [-0.4, -0.2) is 18.8 Å². The molecule has 0 radical (unpaired) electrons. The second-order valence-corrected chi connectivity index (χ2v) is 8.04. The first-order valence-electron chi connectivity index (χ1n) is 8.65. The zero-order chi connectivity index (χ0) is 22.1. The van der Waals surface area contributed by atoms with Crippen molar-refractivity contribution in [3.63, 3.8) is 0 Å². The van der Waals surface area contributed by atoms with Gasteiger partial charge in [-0.25, -0.2) is 0 Å². The molecule has 0 spiro atoms. The van der Waals surface area contributed by atoms with Gasteiger partial charge in [0.1, 0.15) is 11.9 Å². The molecular weight excluding hydrogens is 427 g/mol. The van der Waals surface area contributed by atoms with Gasteiger partial charge in [0.25, 0.3) is 5.69 Å². The van der Waals surface area contributed by atoms with Crippen molar-refractivity contribution in [3.8, 4) is 0 Å². The molecule has 1 heterocycles. The largest absolute Gasteiger partial charge is 0.534 e. The van der Waals surface area contributed by atoms with Gasteiger partial charge in [-0.05, 0) is 18.6 Å². The van der Waals surface area contributed by atoms with Crippen molar-refractivity contribution >= 4 is 15.8 Å². The maximum atomic E-state index is 12.8. The van der Waals surface area contributed by atoms with Crippen LogP contribution >= 0.6 is 0 Å². The number of para-hydroxylation sites is 1. The minimum Gasteiger partial charge on any atom is -0.381 e. The number of nitro benzene ring substituents is 1.